The Balaban J connectivity index is 1.55. The quantitative estimate of drug-likeness (QED) is 0.296. The Labute approximate surface area is 246 Å². The lowest BCUT2D eigenvalue weighted by Crippen LogP contribution is -2.57. The van der Waals surface area contributed by atoms with Gasteiger partial charge >= 0.3 is 0 Å². The molecule has 2 saturated heterocycles. The molecule has 0 unspecified atom stereocenters. The molecule has 2 aromatic rings. The van der Waals surface area contributed by atoms with Crippen molar-refractivity contribution in [2.45, 2.75) is 75.8 Å². The van der Waals surface area contributed by atoms with Gasteiger partial charge in [-0.2, -0.15) is 0 Å². The van der Waals surface area contributed by atoms with E-state index in [-0.39, 0.29) is 31.0 Å². The fourth-order valence-electron chi connectivity index (χ4n) is 6.01. The van der Waals surface area contributed by atoms with Crippen molar-refractivity contribution in [2.75, 3.05) is 33.4 Å². The molecule has 0 bridgehead atoms. The van der Waals surface area contributed by atoms with Crippen molar-refractivity contribution in [1.82, 2.24) is 15.5 Å². The Kier molecular flexibility index (Phi) is 11.8. The minimum absolute atomic E-state index is 0.00586. The monoisotopic (exact) mass is 587 g/mol. The number of likely N-dealkylation sites (tertiary alicyclic amines) is 1. The highest BCUT2D eigenvalue weighted by atomic mass is 19.1. The number of halogens is 2. The average Bonchev–Trinajstić information content (AvgIpc) is 3.58. The number of rotatable bonds is 15. The van der Waals surface area contributed by atoms with Crippen molar-refractivity contribution >= 4 is 11.8 Å². The van der Waals surface area contributed by atoms with Crippen molar-refractivity contribution in [2.24, 2.45) is 5.92 Å². The topological polar surface area (TPSA) is 100 Å². The third-order valence-corrected chi connectivity index (χ3v) is 8.16. The molecule has 230 valence electrons. The lowest BCUT2D eigenvalue weighted by molar-refractivity contribution is -0.141. The van der Waals surface area contributed by atoms with Gasteiger partial charge in [0.25, 0.3) is 0 Å². The molecule has 2 heterocycles. The lowest BCUT2D eigenvalue weighted by Gasteiger charge is -2.33. The number of methoxy groups -OCH3 is 1. The number of carbonyl (C=O) groups excluding carboxylic acids is 2. The van der Waals surface area contributed by atoms with Crippen molar-refractivity contribution < 1.29 is 33.0 Å². The molecule has 0 saturated carbocycles. The van der Waals surface area contributed by atoms with Crippen LogP contribution in [-0.2, 0) is 31.9 Å². The number of hydrogen-bond acceptors (Lipinski definition) is 6. The summed E-state index contributed by atoms with van der Waals surface area (Å²) in [5, 5.41) is 17.8. The zero-order chi connectivity index (χ0) is 30.1. The normalized spacial score (nSPS) is 22.7. The van der Waals surface area contributed by atoms with Crippen molar-refractivity contribution in [3.63, 3.8) is 0 Å². The van der Waals surface area contributed by atoms with Gasteiger partial charge in [-0.25, -0.2) is 8.78 Å². The van der Waals surface area contributed by atoms with Crippen LogP contribution >= 0.6 is 0 Å². The molecular weight excluding hydrogens is 544 g/mol. The number of ether oxygens (including phenoxy) is 2. The van der Waals surface area contributed by atoms with Crippen LogP contribution in [0.5, 0.6) is 0 Å². The van der Waals surface area contributed by atoms with E-state index < -0.39 is 41.8 Å². The van der Waals surface area contributed by atoms with E-state index in [2.05, 4.69) is 10.6 Å². The average molecular weight is 588 g/mol. The summed E-state index contributed by atoms with van der Waals surface area (Å²) in [7, 11) is 1.55. The fraction of sp³-hybridized carbons (Fsp3) is 0.562. The van der Waals surface area contributed by atoms with Gasteiger partial charge in [-0.1, -0.05) is 37.3 Å². The third-order valence-electron chi connectivity index (χ3n) is 8.16. The number of aliphatic hydroxyl groups excluding tert-OH is 1. The lowest BCUT2D eigenvalue weighted by atomic mass is 9.94. The summed E-state index contributed by atoms with van der Waals surface area (Å²) < 4.78 is 39.2. The van der Waals surface area contributed by atoms with E-state index in [4.69, 9.17) is 9.47 Å². The smallest absolute Gasteiger partial charge is 0.243 e. The second-order valence-corrected chi connectivity index (χ2v) is 11.3. The van der Waals surface area contributed by atoms with Gasteiger partial charge < -0.3 is 30.1 Å². The fourth-order valence-corrected chi connectivity index (χ4v) is 6.01. The molecule has 0 radical (unpaired) electrons. The number of aliphatic hydroxyl groups is 1. The largest absolute Gasteiger partial charge is 0.389 e. The van der Waals surface area contributed by atoms with Gasteiger partial charge in [-0.3, -0.25) is 9.59 Å². The molecule has 2 amide bonds. The van der Waals surface area contributed by atoms with Gasteiger partial charge in [0.2, 0.25) is 11.8 Å². The van der Waals surface area contributed by atoms with E-state index in [1.54, 1.807) is 12.0 Å². The molecule has 42 heavy (non-hydrogen) atoms. The van der Waals surface area contributed by atoms with Crippen LogP contribution in [0, 0.1) is 17.6 Å². The minimum atomic E-state index is -1.07. The number of benzene rings is 2. The standard InChI is InChI=1S/C32H43F2N3O5/c1-3-13-42-26-18-27(35-19-26)30(38)28(16-22-14-24(33)17-25(34)15-22)36-31(39)29(10-9-21-7-5-4-6-8-21)37-12-11-23(20-41-2)32(37)40/h4-8,14-15,17,23,26-30,35,38H,3,9-13,16,18-20H2,1-2H3,(H,36,39)/t23-,26-,27-,28+,29+,30-/m1/s1. The highest BCUT2D eigenvalue weighted by molar-refractivity contribution is 5.90. The molecule has 6 atom stereocenters. The van der Waals surface area contributed by atoms with E-state index in [0.717, 1.165) is 18.1 Å². The second-order valence-electron chi connectivity index (χ2n) is 11.3. The molecule has 0 aliphatic carbocycles. The summed E-state index contributed by atoms with van der Waals surface area (Å²) in [6.45, 7) is 3.89. The van der Waals surface area contributed by atoms with Gasteiger partial charge in [0, 0.05) is 38.9 Å². The first-order valence-electron chi connectivity index (χ1n) is 14.9. The summed E-state index contributed by atoms with van der Waals surface area (Å²) in [5.74, 6) is -2.33. The zero-order valence-electron chi connectivity index (χ0n) is 24.4. The predicted octanol–water partition coefficient (Wildman–Crippen LogP) is 3.01. The van der Waals surface area contributed by atoms with Crippen molar-refractivity contribution in [3.05, 3.63) is 71.3 Å². The Hall–Kier alpha value is -2.92. The Bertz CT molecular complexity index is 1150. The SMILES string of the molecule is CCCO[C@H]1CN[C@@H]([C@@H](O)[C@H](Cc2cc(F)cc(F)c2)NC(=O)[C@H](CCc2ccccc2)N2CC[C@H](COC)C2=O)C1. The van der Waals surface area contributed by atoms with Crippen LogP contribution in [0.25, 0.3) is 0 Å². The Morgan fingerprint density at radius 2 is 1.90 bits per heavy atom. The molecular formula is C32H43F2N3O5. The summed E-state index contributed by atoms with van der Waals surface area (Å²) in [6, 6.07) is 10.9. The number of nitrogens with zero attached hydrogens (tertiary/aromatic N) is 1. The Morgan fingerprint density at radius 3 is 2.60 bits per heavy atom. The molecule has 2 aliphatic rings. The number of carbonyl (C=O) groups is 2. The van der Waals surface area contributed by atoms with Crippen LogP contribution in [-0.4, -0.2) is 85.6 Å². The molecule has 2 fully saturated rings. The maximum Gasteiger partial charge on any atom is 0.243 e. The highest BCUT2D eigenvalue weighted by Gasteiger charge is 2.41. The molecule has 10 heteroatoms. The van der Waals surface area contributed by atoms with Crippen LogP contribution in [0.3, 0.4) is 0 Å². The first-order chi connectivity index (χ1) is 20.3. The summed E-state index contributed by atoms with van der Waals surface area (Å²) in [6.07, 6.45) is 1.80. The Morgan fingerprint density at radius 1 is 1.17 bits per heavy atom. The van der Waals surface area contributed by atoms with Crippen molar-refractivity contribution in [3.8, 4) is 0 Å². The highest BCUT2D eigenvalue weighted by Crippen LogP contribution is 2.25. The minimum Gasteiger partial charge on any atom is -0.389 e. The van der Waals surface area contributed by atoms with E-state index in [1.165, 1.54) is 12.1 Å². The number of aryl methyl sites for hydroxylation is 1. The van der Waals surface area contributed by atoms with Crippen LogP contribution in [0.2, 0.25) is 0 Å². The number of nitrogens with one attached hydrogen (secondary N) is 2. The van der Waals surface area contributed by atoms with Gasteiger partial charge in [0.05, 0.1) is 30.8 Å². The third kappa shape index (κ3) is 8.56. The first kappa shape index (κ1) is 32.0. The molecule has 8 nitrogen and oxygen atoms in total. The van der Waals surface area contributed by atoms with Gasteiger partial charge in [-0.15, -0.1) is 0 Å². The van der Waals surface area contributed by atoms with Crippen LogP contribution in [0.4, 0.5) is 8.78 Å². The van der Waals surface area contributed by atoms with E-state index >= 15 is 0 Å². The molecule has 4 rings (SSSR count). The predicted molar refractivity (Wildman–Crippen MR) is 155 cm³/mol. The molecule has 2 aromatic carbocycles. The number of hydrogen-bond donors (Lipinski definition) is 3. The van der Waals surface area contributed by atoms with E-state index in [0.29, 0.717) is 50.9 Å². The van der Waals surface area contributed by atoms with Crippen LogP contribution in [0.1, 0.15) is 43.7 Å². The van der Waals surface area contributed by atoms with E-state index in [9.17, 15) is 23.5 Å². The molecule has 2 aliphatic heterocycles. The van der Waals surface area contributed by atoms with Crippen molar-refractivity contribution in [1.29, 1.82) is 0 Å². The van der Waals surface area contributed by atoms with Gasteiger partial charge in [0.15, 0.2) is 0 Å². The summed E-state index contributed by atoms with van der Waals surface area (Å²) >= 11 is 0. The van der Waals surface area contributed by atoms with Gasteiger partial charge in [0.1, 0.15) is 17.7 Å². The summed E-state index contributed by atoms with van der Waals surface area (Å²) in [5.41, 5.74) is 1.35. The van der Waals surface area contributed by atoms with Crippen LogP contribution < -0.4 is 10.6 Å². The zero-order valence-corrected chi connectivity index (χ0v) is 24.4. The molecule has 0 spiro atoms. The maximum atomic E-state index is 14.1. The molecule has 3 N–H and O–H groups in total. The van der Waals surface area contributed by atoms with Gasteiger partial charge in [-0.05, 0) is 61.8 Å². The van der Waals surface area contributed by atoms with E-state index in [1.807, 2.05) is 37.3 Å². The first-order valence-corrected chi connectivity index (χ1v) is 14.9. The maximum absolute atomic E-state index is 14.1. The second kappa shape index (κ2) is 15.5. The van der Waals surface area contributed by atoms with Crippen LogP contribution in [0.15, 0.2) is 48.5 Å². The summed E-state index contributed by atoms with van der Waals surface area (Å²) in [4.78, 5) is 28.9. The number of amides is 2. The molecule has 0 aromatic heterocycles.